The summed E-state index contributed by atoms with van der Waals surface area (Å²) < 4.78 is 8.84. The van der Waals surface area contributed by atoms with E-state index in [9.17, 15) is 9.59 Å². The number of hydrogen-bond acceptors (Lipinski definition) is 3. The van der Waals surface area contributed by atoms with Gasteiger partial charge in [-0.3, -0.25) is 13.9 Å². The second kappa shape index (κ2) is 6.23. The fourth-order valence-electron chi connectivity index (χ4n) is 2.00. The Kier molecular flexibility index (Phi) is 4.40. The Hall–Kier alpha value is -2.30. The maximum Gasteiger partial charge on any atom is 0.328 e. The molecular formula is C15H18N2O3. The van der Waals surface area contributed by atoms with Gasteiger partial charge >= 0.3 is 5.69 Å². The molecule has 5 heteroatoms. The molecule has 0 N–H and O–H groups in total. The number of ether oxygens (including phenoxy) is 1. The molecule has 0 fully saturated rings. The van der Waals surface area contributed by atoms with Crippen LogP contribution in [0.3, 0.4) is 0 Å². The van der Waals surface area contributed by atoms with E-state index < -0.39 is 0 Å². The number of hydrogen-bond donors (Lipinski definition) is 0. The number of para-hydroxylation sites is 1. The summed E-state index contributed by atoms with van der Waals surface area (Å²) in [5.74, 6) is 0.526. The van der Waals surface area contributed by atoms with Crippen LogP contribution >= 0.6 is 0 Å². The number of Topliss-reactive ketones (excluding diaryl/α,β-unsaturated/α-hetero) is 1. The highest BCUT2D eigenvalue weighted by atomic mass is 16.5. The molecule has 0 saturated carbocycles. The molecule has 0 bridgehead atoms. The largest absolute Gasteiger partial charge is 0.491 e. The molecule has 1 aromatic carbocycles. The first-order valence-electron chi connectivity index (χ1n) is 6.61. The Morgan fingerprint density at radius 3 is 2.55 bits per heavy atom. The van der Waals surface area contributed by atoms with E-state index in [-0.39, 0.29) is 11.5 Å². The maximum atomic E-state index is 11.8. The molecule has 0 unspecified atom stereocenters. The summed E-state index contributed by atoms with van der Waals surface area (Å²) in [4.78, 5) is 23.3. The highest BCUT2D eigenvalue weighted by Crippen LogP contribution is 2.18. The van der Waals surface area contributed by atoms with Crippen LogP contribution in [0.25, 0.3) is 0 Å². The van der Waals surface area contributed by atoms with Gasteiger partial charge in [-0.25, -0.2) is 4.79 Å². The van der Waals surface area contributed by atoms with Crippen molar-refractivity contribution in [1.29, 1.82) is 0 Å². The SMILES string of the molecule is CCn1ccn(CCOc2ccccc2C(C)=O)c1=O. The van der Waals surface area contributed by atoms with Gasteiger partial charge in [0.2, 0.25) is 0 Å². The van der Waals surface area contributed by atoms with Crippen LogP contribution < -0.4 is 10.4 Å². The fraction of sp³-hybridized carbons (Fsp3) is 0.333. The second-order valence-electron chi connectivity index (χ2n) is 4.46. The number of carbonyl (C=O) groups excluding carboxylic acids is 1. The molecule has 0 aliphatic carbocycles. The fourth-order valence-corrected chi connectivity index (χ4v) is 2.00. The van der Waals surface area contributed by atoms with Gasteiger partial charge in [0.15, 0.2) is 5.78 Å². The third kappa shape index (κ3) is 2.99. The summed E-state index contributed by atoms with van der Waals surface area (Å²) >= 11 is 0. The molecule has 0 spiro atoms. The van der Waals surface area contributed by atoms with Crippen LogP contribution in [-0.4, -0.2) is 21.5 Å². The molecule has 2 aromatic rings. The van der Waals surface area contributed by atoms with Gasteiger partial charge in [0.05, 0.1) is 12.1 Å². The van der Waals surface area contributed by atoms with Crippen LogP contribution in [0.4, 0.5) is 0 Å². The second-order valence-corrected chi connectivity index (χ2v) is 4.46. The van der Waals surface area contributed by atoms with E-state index in [0.29, 0.717) is 31.0 Å². The van der Waals surface area contributed by atoms with Crippen LogP contribution in [0, 0.1) is 0 Å². The van der Waals surface area contributed by atoms with Gasteiger partial charge in [-0.05, 0) is 26.0 Å². The lowest BCUT2D eigenvalue weighted by Gasteiger charge is -2.09. The normalized spacial score (nSPS) is 10.5. The number of aryl methyl sites for hydroxylation is 1. The van der Waals surface area contributed by atoms with Crippen molar-refractivity contribution in [3.05, 3.63) is 52.7 Å². The van der Waals surface area contributed by atoms with Gasteiger partial charge < -0.3 is 4.74 Å². The molecule has 0 amide bonds. The third-order valence-corrected chi connectivity index (χ3v) is 3.11. The Balaban J connectivity index is 2.01. The van der Waals surface area contributed by atoms with Crippen LogP contribution in [0.15, 0.2) is 41.5 Å². The van der Waals surface area contributed by atoms with Crippen molar-refractivity contribution in [3.63, 3.8) is 0 Å². The van der Waals surface area contributed by atoms with Crippen molar-refractivity contribution in [3.8, 4) is 5.75 Å². The average Bonchev–Trinajstić information content (AvgIpc) is 2.80. The molecule has 0 aliphatic heterocycles. The zero-order valence-corrected chi connectivity index (χ0v) is 11.7. The molecular weight excluding hydrogens is 256 g/mol. The number of imidazole rings is 1. The first kappa shape index (κ1) is 14.1. The molecule has 1 heterocycles. The lowest BCUT2D eigenvalue weighted by atomic mass is 10.1. The Morgan fingerprint density at radius 1 is 1.20 bits per heavy atom. The number of ketones is 1. The van der Waals surface area contributed by atoms with E-state index in [1.54, 1.807) is 39.7 Å². The molecule has 0 saturated heterocycles. The average molecular weight is 274 g/mol. The first-order chi connectivity index (χ1) is 9.63. The van der Waals surface area contributed by atoms with Crippen molar-refractivity contribution in [2.45, 2.75) is 26.9 Å². The smallest absolute Gasteiger partial charge is 0.328 e. The number of carbonyl (C=O) groups is 1. The van der Waals surface area contributed by atoms with E-state index in [1.165, 1.54) is 6.92 Å². The predicted molar refractivity (Wildman–Crippen MR) is 76.3 cm³/mol. The zero-order valence-electron chi connectivity index (χ0n) is 11.7. The van der Waals surface area contributed by atoms with Crippen LogP contribution in [0.2, 0.25) is 0 Å². The van der Waals surface area contributed by atoms with Gasteiger partial charge in [-0.15, -0.1) is 0 Å². The number of rotatable bonds is 6. The Bertz CT molecular complexity index is 655. The van der Waals surface area contributed by atoms with Gasteiger partial charge in [0, 0.05) is 18.9 Å². The molecule has 0 atom stereocenters. The first-order valence-corrected chi connectivity index (χ1v) is 6.61. The quantitative estimate of drug-likeness (QED) is 0.757. The maximum absolute atomic E-state index is 11.8. The summed E-state index contributed by atoms with van der Waals surface area (Å²) in [6.07, 6.45) is 3.50. The minimum Gasteiger partial charge on any atom is -0.491 e. The molecule has 106 valence electrons. The summed E-state index contributed by atoms with van der Waals surface area (Å²) in [5.41, 5.74) is 0.516. The van der Waals surface area contributed by atoms with Gasteiger partial charge in [0.25, 0.3) is 0 Å². The summed E-state index contributed by atoms with van der Waals surface area (Å²) in [7, 11) is 0. The lowest BCUT2D eigenvalue weighted by Crippen LogP contribution is -2.25. The summed E-state index contributed by atoms with van der Waals surface area (Å²) in [5, 5.41) is 0. The third-order valence-electron chi connectivity index (χ3n) is 3.11. The van der Waals surface area contributed by atoms with E-state index in [1.807, 2.05) is 13.0 Å². The van der Waals surface area contributed by atoms with Crippen LogP contribution in [0.5, 0.6) is 5.75 Å². The highest BCUT2D eigenvalue weighted by Gasteiger charge is 2.07. The lowest BCUT2D eigenvalue weighted by molar-refractivity contribution is 0.101. The molecule has 5 nitrogen and oxygen atoms in total. The van der Waals surface area contributed by atoms with Crippen LogP contribution in [0.1, 0.15) is 24.2 Å². The van der Waals surface area contributed by atoms with Gasteiger partial charge in [0.1, 0.15) is 12.4 Å². The molecule has 0 radical (unpaired) electrons. The molecule has 1 aromatic heterocycles. The Morgan fingerprint density at radius 2 is 1.90 bits per heavy atom. The van der Waals surface area contributed by atoms with E-state index in [4.69, 9.17) is 4.74 Å². The molecule has 0 aliphatic rings. The predicted octanol–water partition coefficient (Wildman–Crippen LogP) is 1.95. The molecule has 20 heavy (non-hydrogen) atoms. The van der Waals surface area contributed by atoms with E-state index in [2.05, 4.69) is 0 Å². The minimum atomic E-state index is -0.0454. The number of benzene rings is 1. The Labute approximate surface area is 117 Å². The topological polar surface area (TPSA) is 53.2 Å². The number of aromatic nitrogens is 2. The standard InChI is InChI=1S/C15H18N2O3/c1-3-16-8-9-17(15(16)19)10-11-20-14-7-5-4-6-13(14)12(2)18/h4-9H,3,10-11H2,1-2H3. The van der Waals surface area contributed by atoms with Crippen molar-refractivity contribution in [2.75, 3.05) is 6.61 Å². The summed E-state index contributed by atoms with van der Waals surface area (Å²) in [6, 6.07) is 7.12. The van der Waals surface area contributed by atoms with Gasteiger partial charge in [-0.1, -0.05) is 12.1 Å². The highest BCUT2D eigenvalue weighted by molar-refractivity contribution is 5.96. The van der Waals surface area contributed by atoms with Crippen molar-refractivity contribution in [2.24, 2.45) is 0 Å². The van der Waals surface area contributed by atoms with Crippen LogP contribution in [-0.2, 0) is 13.1 Å². The molecule has 2 rings (SSSR count). The van der Waals surface area contributed by atoms with Crippen molar-refractivity contribution < 1.29 is 9.53 Å². The number of nitrogens with zero attached hydrogens (tertiary/aromatic N) is 2. The minimum absolute atomic E-state index is 0.0325. The van der Waals surface area contributed by atoms with E-state index >= 15 is 0 Å². The summed E-state index contributed by atoms with van der Waals surface area (Å²) in [6.45, 7) is 4.88. The zero-order chi connectivity index (χ0) is 14.5. The van der Waals surface area contributed by atoms with Gasteiger partial charge in [-0.2, -0.15) is 0 Å². The van der Waals surface area contributed by atoms with E-state index in [0.717, 1.165) is 0 Å². The van der Waals surface area contributed by atoms with Crippen molar-refractivity contribution >= 4 is 5.78 Å². The van der Waals surface area contributed by atoms with Crippen molar-refractivity contribution in [1.82, 2.24) is 9.13 Å². The monoisotopic (exact) mass is 274 g/mol.